The van der Waals surface area contributed by atoms with Gasteiger partial charge in [0, 0.05) is 10.6 Å². The van der Waals surface area contributed by atoms with Crippen molar-refractivity contribution in [3.63, 3.8) is 0 Å². The van der Waals surface area contributed by atoms with Gasteiger partial charge >= 0.3 is 0 Å². The second-order valence-corrected chi connectivity index (χ2v) is 8.33. The Bertz CT molecular complexity index is 1160. The highest BCUT2D eigenvalue weighted by Crippen LogP contribution is 2.38. The van der Waals surface area contributed by atoms with Crippen LogP contribution in [0.3, 0.4) is 0 Å². The van der Waals surface area contributed by atoms with Gasteiger partial charge in [-0.3, -0.25) is 4.68 Å². The molecule has 4 aromatic heterocycles. The Kier molecular flexibility index (Phi) is 3.75. The van der Waals surface area contributed by atoms with Gasteiger partial charge in [-0.25, -0.2) is 23.3 Å². The van der Waals surface area contributed by atoms with Gasteiger partial charge in [-0.15, -0.1) is 16.4 Å². The van der Waals surface area contributed by atoms with Crippen LogP contribution >= 0.6 is 11.3 Å². The summed E-state index contributed by atoms with van der Waals surface area (Å²) < 4.78 is 29.0. The van der Waals surface area contributed by atoms with Crippen molar-refractivity contribution >= 4 is 27.2 Å². The minimum Gasteiger partial charge on any atom is -0.262 e. The number of hydrogen-bond acceptors (Lipinski definition) is 5. The molecule has 0 aliphatic heterocycles. The quantitative estimate of drug-likeness (QED) is 0.533. The Morgan fingerprint density at radius 2 is 2.19 bits per heavy atom. The maximum atomic E-state index is 12.9. The Labute approximate surface area is 157 Å². The van der Waals surface area contributed by atoms with Gasteiger partial charge in [0.25, 0.3) is 6.43 Å². The molecule has 4 aromatic rings. The van der Waals surface area contributed by atoms with E-state index in [9.17, 15) is 8.78 Å². The van der Waals surface area contributed by atoms with Gasteiger partial charge in [-0.1, -0.05) is 6.92 Å². The van der Waals surface area contributed by atoms with E-state index in [0.29, 0.717) is 17.4 Å². The third-order valence-corrected chi connectivity index (χ3v) is 6.35. The van der Waals surface area contributed by atoms with Crippen molar-refractivity contribution in [2.24, 2.45) is 5.92 Å². The Morgan fingerprint density at radius 1 is 1.33 bits per heavy atom. The Balaban J connectivity index is 1.58. The van der Waals surface area contributed by atoms with Crippen LogP contribution in [0.4, 0.5) is 8.78 Å². The van der Waals surface area contributed by atoms with E-state index in [4.69, 9.17) is 4.98 Å². The summed E-state index contributed by atoms with van der Waals surface area (Å²) in [4.78, 5) is 11.7. The third kappa shape index (κ3) is 2.72. The molecule has 0 fully saturated rings. The van der Waals surface area contributed by atoms with E-state index in [2.05, 4.69) is 22.1 Å². The fourth-order valence-corrected chi connectivity index (χ4v) is 5.13. The average Bonchev–Trinajstić information content (AvgIpc) is 3.29. The largest absolute Gasteiger partial charge is 0.282 e. The molecule has 0 saturated heterocycles. The molecule has 9 heteroatoms. The summed E-state index contributed by atoms with van der Waals surface area (Å²) in [6.07, 6.45) is 2.40. The van der Waals surface area contributed by atoms with Crippen LogP contribution in [-0.4, -0.2) is 29.4 Å². The number of fused-ring (bicyclic) bond motifs is 5. The number of alkyl halides is 2. The van der Waals surface area contributed by atoms with Crippen LogP contribution in [-0.2, 0) is 19.4 Å². The highest BCUT2D eigenvalue weighted by atomic mass is 32.1. The molecule has 6 nitrogen and oxygen atoms in total. The Hall–Kier alpha value is -2.42. The molecular formula is C18H18F2N6S. The standard InChI is InChI=1S/C18H18F2N6S/c1-9-3-4-11-13(5-9)27-18-15(11)17-22-14(24-26(17)8-21-18)7-25-10(2)6-12(23-25)16(19)20/h6,8-9,16H,3-5,7H2,1-2H3/t9-/m0/s1. The maximum Gasteiger partial charge on any atom is 0.282 e. The zero-order chi connectivity index (χ0) is 18.7. The van der Waals surface area contributed by atoms with E-state index in [1.807, 2.05) is 0 Å². The van der Waals surface area contributed by atoms with E-state index >= 15 is 0 Å². The molecule has 0 spiro atoms. The van der Waals surface area contributed by atoms with Gasteiger partial charge in [0.15, 0.2) is 11.5 Å². The first kappa shape index (κ1) is 16.7. The summed E-state index contributed by atoms with van der Waals surface area (Å²) in [7, 11) is 0. The number of nitrogens with zero attached hydrogens (tertiary/aromatic N) is 6. The van der Waals surface area contributed by atoms with Crippen molar-refractivity contribution in [1.82, 2.24) is 29.4 Å². The normalized spacial score (nSPS) is 17.3. The smallest absolute Gasteiger partial charge is 0.262 e. The zero-order valence-corrected chi connectivity index (χ0v) is 15.8. The van der Waals surface area contributed by atoms with E-state index in [1.165, 1.54) is 27.6 Å². The molecule has 0 saturated carbocycles. The monoisotopic (exact) mass is 388 g/mol. The number of halogens is 2. The van der Waals surface area contributed by atoms with Crippen molar-refractivity contribution in [3.05, 3.63) is 40.0 Å². The molecule has 0 N–H and O–H groups in total. The molecule has 5 rings (SSSR count). The summed E-state index contributed by atoms with van der Waals surface area (Å²) in [5.74, 6) is 1.24. The third-order valence-electron chi connectivity index (χ3n) is 5.19. The van der Waals surface area contributed by atoms with Gasteiger partial charge in [-0.05, 0) is 43.7 Å². The van der Waals surface area contributed by atoms with Crippen LogP contribution in [0.25, 0.3) is 15.9 Å². The highest BCUT2D eigenvalue weighted by molar-refractivity contribution is 7.19. The van der Waals surface area contributed by atoms with Crippen molar-refractivity contribution < 1.29 is 8.78 Å². The minimum atomic E-state index is -2.58. The minimum absolute atomic E-state index is 0.221. The summed E-state index contributed by atoms with van der Waals surface area (Å²) in [6, 6.07) is 1.40. The van der Waals surface area contributed by atoms with Crippen LogP contribution in [0.1, 0.15) is 47.4 Å². The summed E-state index contributed by atoms with van der Waals surface area (Å²) in [5, 5.41) is 9.56. The van der Waals surface area contributed by atoms with Crippen LogP contribution in [0.5, 0.6) is 0 Å². The first-order chi connectivity index (χ1) is 13.0. The predicted octanol–water partition coefficient (Wildman–Crippen LogP) is 3.95. The number of aromatic nitrogens is 6. The van der Waals surface area contributed by atoms with E-state index in [-0.39, 0.29) is 12.2 Å². The molecule has 1 atom stereocenters. The lowest BCUT2D eigenvalue weighted by atomic mass is 9.89. The molecule has 0 aromatic carbocycles. The lowest BCUT2D eigenvalue weighted by Crippen LogP contribution is -2.08. The first-order valence-corrected chi connectivity index (χ1v) is 9.78. The number of rotatable bonds is 3. The van der Waals surface area contributed by atoms with Gasteiger partial charge in [0.05, 0.1) is 5.39 Å². The van der Waals surface area contributed by atoms with Crippen molar-refractivity contribution in [2.45, 2.75) is 46.1 Å². The zero-order valence-electron chi connectivity index (χ0n) is 15.0. The van der Waals surface area contributed by atoms with Gasteiger partial charge in [0.1, 0.15) is 23.4 Å². The molecule has 4 heterocycles. The molecule has 140 valence electrons. The van der Waals surface area contributed by atoms with E-state index in [1.54, 1.807) is 29.1 Å². The second kappa shape index (κ2) is 6.05. The van der Waals surface area contributed by atoms with Crippen molar-refractivity contribution in [1.29, 1.82) is 0 Å². The van der Waals surface area contributed by atoms with E-state index < -0.39 is 6.43 Å². The molecule has 1 aliphatic rings. The molecule has 0 amide bonds. The lowest BCUT2D eigenvalue weighted by molar-refractivity contribution is 0.145. The van der Waals surface area contributed by atoms with Gasteiger partial charge in [0.2, 0.25) is 0 Å². The molecule has 0 unspecified atom stereocenters. The Morgan fingerprint density at radius 3 is 2.96 bits per heavy atom. The highest BCUT2D eigenvalue weighted by Gasteiger charge is 2.24. The summed E-state index contributed by atoms with van der Waals surface area (Å²) in [6.45, 7) is 4.29. The fourth-order valence-electron chi connectivity index (χ4n) is 3.79. The molecule has 1 aliphatic carbocycles. The average molecular weight is 388 g/mol. The SMILES string of the molecule is Cc1cc(C(F)F)nn1Cc1nc2c3c4c(sc3ncn2n1)C[C@@H](C)CC4. The molecule has 27 heavy (non-hydrogen) atoms. The number of hydrogen-bond donors (Lipinski definition) is 0. The second-order valence-electron chi connectivity index (χ2n) is 7.24. The van der Waals surface area contributed by atoms with Crippen molar-refractivity contribution in [3.8, 4) is 0 Å². The number of thiophene rings is 1. The van der Waals surface area contributed by atoms with Gasteiger partial charge in [-0.2, -0.15) is 5.10 Å². The van der Waals surface area contributed by atoms with Crippen molar-refractivity contribution in [2.75, 3.05) is 0 Å². The fraction of sp³-hybridized carbons (Fsp3) is 0.444. The first-order valence-electron chi connectivity index (χ1n) is 8.96. The molecular weight excluding hydrogens is 370 g/mol. The van der Waals surface area contributed by atoms with Gasteiger partial charge < -0.3 is 0 Å². The predicted molar refractivity (Wildman–Crippen MR) is 98.4 cm³/mol. The lowest BCUT2D eigenvalue weighted by Gasteiger charge is -2.17. The maximum absolute atomic E-state index is 12.9. The topological polar surface area (TPSA) is 60.9 Å². The molecule has 0 radical (unpaired) electrons. The van der Waals surface area contributed by atoms with E-state index in [0.717, 1.165) is 28.7 Å². The number of aryl methyl sites for hydroxylation is 2. The van der Waals surface area contributed by atoms with Crippen LogP contribution in [0.2, 0.25) is 0 Å². The molecule has 0 bridgehead atoms. The van der Waals surface area contributed by atoms with Crippen LogP contribution < -0.4 is 0 Å². The summed E-state index contributed by atoms with van der Waals surface area (Å²) >= 11 is 1.75. The van der Waals surface area contributed by atoms with Crippen LogP contribution in [0, 0.1) is 12.8 Å². The summed E-state index contributed by atoms with van der Waals surface area (Å²) in [5.41, 5.74) is 2.58. The van der Waals surface area contributed by atoms with Crippen LogP contribution in [0.15, 0.2) is 12.4 Å².